The quantitative estimate of drug-likeness (QED) is 0.882. The van der Waals surface area contributed by atoms with Crippen LogP contribution in [0.5, 0.6) is 0 Å². The standard InChI is InChI=1S/C13H16ClN3OS/c1-3-11-13(14)12(17(2)16-11)8-19(18)10-6-4-9(15)5-7-10/h4-7H,3,8,15H2,1-2H3. The van der Waals surface area contributed by atoms with Crippen molar-refractivity contribution in [3.8, 4) is 0 Å². The van der Waals surface area contributed by atoms with Crippen molar-refractivity contribution in [2.24, 2.45) is 7.05 Å². The number of nitrogens with zero attached hydrogens (tertiary/aromatic N) is 2. The number of nitrogen functional groups attached to an aromatic ring is 1. The van der Waals surface area contributed by atoms with Crippen molar-refractivity contribution in [1.82, 2.24) is 9.78 Å². The van der Waals surface area contributed by atoms with Gasteiger partial charge in [-0.25, -0.2) is 0 Å². The Balaban J connectivity index is 2.24. The molecule has 0 amide bonds. The van der Waals surface area contributed by atoms with E-state index in [1.54, 1.807) is 28.9 Å². The summed E-state index contributed by atoms with van der Waals surface area (Å²) in [5, 5.41) is 4.94. The number of rotatable bonds is 4. The molecule has 1 aromatic heterocycles. The summed E-state index contributed by atoms with van der Waals surface area (Å²) in [5.74, 6) is 0.353. The van der Waals surface area contributed by atoms with Crippen molar-refractivity contribution in [3.63, 3.8) is 0 Å². The van der Waals surface area contributed by atoms with E-state index in [0.29, 0.717) is 16.5 Å². The van der Waals surface area contributed by atoms with E-state index >= 15 is 0 Å². The molecular weight excluding hydrogens is 282 g/mol. The molecule has 2 aromatic rings. The molecule has 1 aromatic carbocycles. The first-order valence-corrected chi connectivity index (χ1v) is 7.66. The van der Waals surface area contributed by atoms with Crippen LogP contribution in [0.15, 0.2) is 29.2 Å². The average molecular weight is 298 g/mol. The summed E-state index contributed by atoms with van der Waals surface area (Å²) in [5.41, 5.74) is 7.92. The second kappa shape index (κ2) is 5.75. The highest BCUT2D eigenvalue weighted by Gasteiger charge is 2.16. The molecule has 0 saturated carbocycles. The van der Waals surface area contributed by atoms with Gasteiger partial charge in [0, 0.05) is 17.6 Å². The monoisotopic (exact) mass is 297 g/mol. The van der Waals surface area contributed by atoms with Crippen molar-refractivity contribution in [3.05, 3.63) is 40.7 Å². The first-order valence-electron chi connectivity index (χ1n) is 5.97. The molecule has 0 aliphatic heterocycles. The molecule has 0 saturated heterocycles. The maximum atomic E-state index is 12.3. The molecule has 0 bridgehead atoms. The van der Waals surface area contributed by atoms with Gasteiger partial charge in [-0.3, -0.25) is 8.89 Å². The molecule has 1 heterocycles. The van der Waals surface area contributed by atoms with Gasteiger partial charge < -0.3 is 5.73 Å². The van der Waals surface area contributed by atoms with Gasteiger partial charge in [-0.15, -0.1) is 0 Å². The Morgan fingerprint density at radius 2 is 2.00 bits per heavy atom. The molecule has 2 N–H and O–H groups in total. The third-order valence-corrected chi connectivity index (χ3v) is 4.68. The van der Waals surface area contributed by atoms with Gasteiger partial charge in [0.2, 0.25) is 0 Å². The van der Waals surface area contributed by atoms with Gasteiger partial charge in [-0.1, -0.05) is 18.5 Å². The lowest BCUT2D eigenvalue weighted by Gasteiger charge is -2.04. The molecule has 102 valence electrons. The fraction of sp³-hybridized carbons (Fsp3) is 0.308. The first-order chi connectivity index (χ1) is 9.02. The van der Waals surface area contributed by atoms with E-state index in [4.69, 9.17) is 17.3 Å². The Morgan fingerprint density at radius 1 is 1.37 bits per heavy atom. The van der Waals surface area contributed by atoms with E-state index in [1.165, 1.54) is 0 Å². The number of hydrogen-bond donors (Lipinski definition) is 1. The van der Waals surface area contributed by atoms with Crippen LogP contribution in [0, 0.1) is 0 Å². The topological polar surface area (TPSA) is 60.9 Å². The number of halogens is 1. The second-order valence-corrected chi connectivity index (χ2v) is 6.07. The molecule has 0 fully saturated rings. The first kappa shape index (κ1) is 14.1. The predicted molar refractivity (Wildman–Crippen MR) is 78.6 cm³/mol. The highest BCUT2D eigenvalue weighted by Crippen LogP contribution is 2.24. The smallest absolute Gasteiger partial charge is 0.0859 e. The van der Waals surface area contributed by atoms with Crippen LogP contribution >= 0.6 is 11.6 Å². The van der Waals surface area contributed by atoms with Gasteiger partial charge in [0.05, 0.1) is 33.0 Å². The van der Waals surface area contributed by atoms with Crippen LogP contribution in [0.25, 0.3) is 0 Å². The molecule has 6 heteroatoms. The van der Waals surface area contributed by atoms with E-state index < -0.39 is 10.8 Å². The maximum absolute atomic E-state index is 12.3. The molecule has 0 aliphatic rings. The predicted octanol–water partition coefficient (Wildman–Crippen LogP) is 2.53. The lowest BCUT2D eigenvalue weighted by atomic mass is 10.3. The van der Waals surface area contributed by atoms with E-state index in [1.807, 2.05) is 14.0 Å². The summed E-state index contributed by atoms with van der Waals surface area (Å²) < 4.78 is 14.0. The summed E-state index contributed by atoms with van der Waals surface area (Å²) in [6, 6.07) is 7.04. The fourth-order valence-electron chi connectivity index (χ4n) is 1.80. The summed E-state index contributed by atoms with van der Waals surface area (Å²) in [6.07, 6.45) is 0.765. The zero-order valence-corrected chi connectivity index (χ0v) is 12.5. The third-order valence-electron chi connectivity index (χ3n) is 2.91. The van der Waals surface area contributed by atoms with Crippen molar-refractivity contribution >= 4 is 28.1 Å². The van der Waals surface area contributed by atoms with Crippen molar-refractivity contribution < 1.29 is 4.21 Å². The number of hydrogen-bond acceptors (Lipinski definition) is 3. The Morgan fingerprint density at radius 3 is 2.53 bits per heavy atom. The zero-order chi connectivity index (χ0) is 14.0. The van der Waals surface area contributed by atoms with Gasteiger partial charge in [0.15, 0.2) is 0 Å². The Kier molecular flexibility index (Phi) is 4.27. The Bertz CT molecular complexity index is 607. The van der Waals surface area contributed by atoms with Crippen LogP contribution < -0.4 is 5.73 Å². The Labute approximate surface area is 120 Å². The molecule has 2 rings (SSSR count). The molecule has 1 unspecified atom stereocenters. The minimum absolute atomic E-state index is 0.353. The van der Waals surface area contributed by atoms with Crippen molar-refractivity contribution in [2.45, 2.75) is 24.0 Å². The molecule has 4 nitrogen and oxygen atoms in total. The largest absolute Gasteiger partial charge is 0.399 e. The molecule has 1 atom stereocenters. The molecule has 0 aliphatic carbocycles. The fourth-order valence-corrected chi connectivity index (χ4v) is 3.43. The van der Waals surface area contributed by atoms with E-state index in [0.717, 1.165) is 22.7 Å². The van der Waals surface area contributed by atoms with Crippen molar-refractivity contribution in [2.75, 3.05) is 5.73 Å². The number of nitrogens with two attached hydrogens (primary N) is 1. The van der Waals surface area contributed by atoms with Crippen LogP contribution in [0.2, 0.25) is 5.02 Å². The summed E-state index contributed by atoms with van der Waals surface area (Å²) >= 11 is 6.25. The van der Waals surface area contributed by atoms with E-state index in [-0.39, 0.29) is 0 Å². The lowest BCUT2D eigenvalue weighted by Crippen LogP contribution is -2.03. The number of aromatic nitrogens is 2. The number of aryl methyl sites for hydroxylation is 2. The zero-order valence-electron chi connectivity index (χ0n) is 10.9. The number of anilines is 1. The minimum atomic E-state index is -1.15. The number of benzene rings is 1. The maximum Gasteiger partial charge on any atom is 0.0859 e. The Hall–Kier alpha value is -1.33. The van der Waals surface area contributed by atoms with Gasteiger partial charge in [0.1, 0.15) is 0 Å². The average Bonchev–Trinajstić information content (AvgIpc) is 2.67. The van der Waals surface area contributed by atoms with Gasteiger partial charge >= 0.3 is 0 Å². The van der Waals surface area contributed by atoms with Gasteiger partial charge in [-0.05, 0) is 30.7 Å². The summed E-state index contributed by atoms with van der Waals surface area (Å²) in [7, 11) is 0.667. The van der Waals surface area contributed by atoms with Gasteiger partial charge in [-0.2, -0.15) is 5.10 Å². The molecule has 0 radical (unpaired) electrons. The molecular formula is C13H16ClN3OS. The second-order valence-electron chi connectivity index (χ2n) is 4.24. The summed E-state index contributed by atoms with van der Waals surface area (Å²) in [4.78, 5) is 0.740. The van der Waals surface area contributed by atoms with E-state index in [9.17, 15) is 4.21 Å². The van der Waals surface area contributed by atoms with E-state index in [2.05, 4.69) is 5.10 Å². The highest BCUT2D eigenvalue weighted by molar-refractivity contribution is 7.84. The van der Waals surface area contributed by atoms with Crippen LogP contribution in [0.4, 0.5) is 5.69 Å². The lowest BCUT2D eigenvalue weighted by molar-refractivity contribution is 0.675. The van der Waals surface area contributed by atoms with Crippen LogP contribution in [0.3, 0.4) is 0 Å². The third kappa shape index (κ3) is 2.98. The van der Waals surface area contributed by atoms with Crippen LogP contribution in [0.1, 0.15) is 18.3 Å². The minimum Gasteiger partial charge on any atom is -0.399 e. The van der Waals surface area contributed by atoms with Crippen molar-refractivity contribution in [1.29, 1.82) is 0 Å². The molecule has 19 heavy (non-hydrogen) atoms. The SMILES string of the molecule is CCc1nn(C)c(CS(=O)c2ccc(N)cc2)c1Cl. The van der Waals surface area contributed by atoms with Crippen LogP contribution in [-0.2, 0) is 30.0 Å². The molecule has 0 spiro atoms. The van der Waals surface area contributed by atoms with Crippen LogP contribution in [-0.4, -0.2) is 14.0 Å². The normalized spacial score (nSPS) is 12.6. The summed E-state index contributed by atoms with van der Waals surface area (Å²) in [6.45, 7) is 1.99. The van der Waals surface area contributed by atoms with Gasteiger partial charge in [0.25, 0.3) is 0 Å². The highest BCUT2D eigenvalue weighted by atomic mass is 35.5.